The summed E-state index contributed by atoms with van der Waals surface area (Å²) in [6.07, 6.45) is -1.28. The van der Waals surface area contributed by atoms with Gasteiger partial charge in [-0.3, -0.25) is 4.79 Å². The van der Waals surface area contributed by atoms with Crippen molar-refractivity contribution in [2.45, 2.75) is 70.1 Å². The quantitative estimate of drug-likeness (QED) is 0.308. The summed E-state index contributed by atoms with van der Waals surface area (Å²) in [7, 11) is 0. The molecule has 0 N–H and O–H groups in total. The number of piperidine rings is 1. The molecule has 8 heteroatoms. The number of hydrogen-bond acceptors (Lipinski definition) is 5. The first kappa shape index (κ1) is 27.3. The number of likely N-dealkylation sites (tertiary alicyclic amines) is 1. The second kappa shape index (κ2) is 10.9. The average molecular weight is 520 g/mol. The molecule has 1 spiro atoms. The molecule has 5 nitrogen and oxygen atoms in total. The molecule has 0 atom stereocenters. The van der Waals surface area contributed by atoms with Crippen LogP contribution in [0.3, 0.4) is 0 Å². The second-order valence-corrected chi connectivity index (χ2v) is 11.0. The minimum atomic E-state index is -4.35. The fraction of sp³-hybridized carbons (Fsp3) is 0.552. The molecule has 37 heavy (non-hydrogen) atoms. The third kappa shape index (κ3) is 6.98. The molecule has 0 unspecified atom stereocenters. The van der Waals surface area contributed by atoms with Gasteiger partial charge in [0.05, 0.1) is 25.2 Å². The van der Waals surface area contributed by atoms with Crippen molar-refractivity contribution in [3.8, 4) is 11.5 Å². The van der Waals surface area contributed by atoms with Crippen LogP contribution < -0.4 is 9.47 Å². The van der Waals surface area contributed by atoms with Crippen LogP contribution in [-0.2, 0) is 27.5 Å². The van der Waals surface area contributed by atoms with Crippen LogP contribution in [0, 0.1) is 0 Å². The highest BCUT2D eigenvalue weighted by atomic mass is 19.4. The Labute approximate surface area is 216 Å². The number of benzene rings is 2. The van der Waals surface area contributed by atoms with E-state index in [1.807, 2.05) is 32.9 Å². The summed E-state index contributed by atoms with van der Waals surface area (Å²) < 4.78 is 56.9. The normalized spacial score (nSPS) is 17.4. The van der Waals surface area contributed by atoms with Crippen molar-refractivity contribution in [1.29, 1.82) is 0 Å². The molecule has 0 saturated carbocycles. The molecule has 0 bridgehead atoms. The van der Waals surface area contributed by atoms with Gasteiger partial charge in [-0.1, -0.05) is 24.3 Å². The maximum Gasteiger partial charge on any atom is 0.416 e. The number of fused-ring (bicyclic) bond motifs is 2. The number of carbonyl (C=O) groups is 1. The second-order valence-electron chi connectivity index (χ2n) is 11.0. The zero-order valence-corrected chi connectivity index (χ0v) is 21.8. The molecular formula is C29H36F3NO4. The van der Waals surface area contributed by atoms with Crippen LogP contribution >= 0.6 is 0 Å². The zero-order valence-electron chi connectivity index (χ0n) is 21.8. The number of aryl methyl sites for hydroxylation is 1. The summed E-state index contributed by atoms with van der Waals surface area (Å²) in [6, 6.07) is 11.6. The van der Waals surface area contributed by atoms with Crippen LogP contribution in [0.2, 0.25) is 0 Å². The Morgan fingerprint density at radius 2 is 1.81 bits per heavy atom. The molecule has 1 fully saturated rings. The molecule has 0 radical (unpaired) electrons. The first-order chi connectivity index (χ1) is 17.5. The van der Waals surface area contributed by atoms with Crippen LogP contribution in [-0.4, -0.2) is 49.3 Å². The highest BCUT2D eigenvalue weighted by molar-refractivity contribution is 5.70. The summed E-state index contributed by atoms with van der Waals surface area (Å²) in [5, 5.41) is 0. The van der Waals surface area contributed by atoms with Crippen molar-refractivity contribution in [2.75, 3.05) is 32.8 Å². The van der Waals surface area contributed by atoms with Crippen molar-refractivity contribution in [3.63, 3.8) is 0 Å². The van der Waals surface area contributed by atoms with Crippen LogP contribution in [0.1, 0.15) is 63.1 Å². The van der Waals surface area contributed by atoms with Crippen molar-refractivity contribution in [2.24, 2.45) is 0 Å². The predicted octanol–water partition coefficient (Wildman–Crippen LogP) is 6.17. The third-order valence-electron chi connectivity index (χ3n) is 7.08. The van der Waals surface area contributed by atoms with Gasteiger partial charge in [0.15, 0.2) is 0 Å². The SMILES string of the molecule is CC(C)(C)OC(=O)CCN1CCC2(CC1)COc1cc(OCCCc3ccccc3C(F)(F)F)ccc12. The van der Waals surface area contributed by atoms with Gasteiger partial charge in [0.25, 0.3) is 0 Å². The van der Waals surface area contributed by atoms with E-state index in [0.29, 0.717) is 44.8 Å². The summed E-state index contributed by atoms with van der Waals surface area (Å²) in [4.78, 5) is 14.3. The van der Waals surface area contributed by atoms with Crippen molar-refractivity contribution >= 4 is 5.97 Å². The van der Waals surface area contributed by atoms with Gasteiger partial charge >= 0.3 is 12.1 Å². The van der Waals surface area contributed by atoms with E-state index in [0.717, 1.165) is 37.7 Å². The van der Waals surface area contributed by atoms with Crippen LogP contribution in [0.25, 0.3) is 0 Å². The van der Waals surface area contributed by atoms with E-state index in [9.17, 15) is 18.0 Å². The lowest BCUT2D eigenvalue weighted by molar-refractivity contribution is -0.155. The Kier molecular flexibility index (Phi) is 8.07. The maximum absolute atomic E-state index is 13.2. The van der Waals surface area contributed by atoms with E-state index < -0.39 is 17.3 Å². The number of rotatable bonds is 8. The number of esters is 1. The van der Waals surface area contributed by atoms with Crippen molar-refractivity contribution in [3.05, 3.63) is 59.2 Å². The van der Waals surface area contributed by atoms with Gasteiger partial charge in [0.2, 0.25) is 0 Å². The number of hydrogen-bond donors (Lipinski definition) is 0. The lowest BCUT2D eigenvalue weighted by atomic mass is 9.74. The smallest absolute Gasteiger partial charge is 0.416 e. The van der Waals surface area contributed by atoms with Gasteiger partial charge in [0.1, 0.15) is 17.1 Å². The number of carbonyl (C=O) groups excluding carboxylic acids is 1. The summed E-state index contributed by atoms with van der Waals surface area (Å²) in [5.74, 6) is 1.32. The molecule has 0 aliphatic carbocycles. The van der Waals surface area contributed by atoms with Gasteiger partial charge in [-0.2, -0.15) is 13.2 Å². The van der Waals surface area contributed by atoms with E-state index in [4.69, 9.17) is 14.2 Å². The number of nitrogens with zero attached hydrogens (tertiary/aromatic N) is 1. The minimum Gasteiger partial charge on any atom is -0.493 e. The van der Waals surface area contributed by atoms with Crippen LogP contribution in [0.4, 0.5) is 13.2 Å². The zero-order chi connectivity index (χ0) is 26.7. The van der Waals surface area contributed by atoms with E-state index in [-0.39, 0.29) is 16.9 Å². The van der Waals surface area contributed by atoms with Crippen LogP contribution in [0.5, 0.6) is 11.5 Å². The standard InChI is InChI=1S/C29H36F3NO4/c1-27(2,3)37-26(34)12-15-33-16-13-28(14-17-33)20-36-25-19-22(10-11-24(25)28)35-18-6-8-21-7-4-5-9-23(21)29(30,31)32/h4-5,7,9-11,19H,6,8,12-18,20H2,1-3H3. The Morgan fingerprint density at radius 3 is 2.51 bits per heavy atom. The molecule has 0 amide bonds. The fourth-order valence-electron chi connectivity index (χ4n) is 5.17. The summed E-state index contributed by atoms with van der Waals surface area (Å²) in [6.45, 7) is 9.05. The Bertz CT molecular complexity index is 1090. The average Bonchev–Trinajstić information content (AvgIpc) is 3.17. The minimum absolute atomic E-state index is 0.0302. The molecule has 4 rings (SSSR count). The first-order valence-corrected chi connectivity index (χ1v) is 12.9. The van der Waals surface area contributed by atoms with Gasteiger partial charge in [-0.25, -0.2) is 0 Å². The predicted molar refractivity (Wildman–Crippen MR) is 135 cm³/mol. The number of alkyl halides is 3. The molecule has 2 aliphatic heterocycles. The van der Waals surface area contributed by atoms with E-state index in [1.165, 1.54) is 17.7 Å². The van der Waals surface area contributed by atoms with E-state index >= 15 is 0 Å². The lowest BCUT2D eigenvalue weighted by Crippen LogP contribution is -2.44. The fourth-order valence-corrected chi connectivity index (χ4v) is 5.17. The molecule has 1 saturated heterocycles. The Morgan fingerprint density at radius 1 is 1.08 bits per heavy atom. The van der Waals surface area contributed by atoms with Crippen LogP contribution in [0.15, 0.2) is 42.5 Å². The highest BCUT2D eigenvalue weighted by Crippen LogP contribution is 2.46. The van der Waals surface area contributed by atoms with Gasteiger partial charge < -0.3 is 19.1 Å². The summed E-state index contributed by atoms with van der Waals surface area (Å²) >= 11 is 0. The molecule has 2 heterocycles. The number of halogens is 3. The van der Waals surface area contributed by atoms with Crippen molar-refractivity contribution < 1.29 is 32.2 Å². The van der Waals surface area contributed by atoms with E-state index in [2.05, 4.69) is 11.0 Å². The van der Waals surface area contributed by atoms with Gasteiger partial charge in [-0.05, 0) is 77.2 Å². The highest BCUT2D eigenvalue weighted by Gasteiger charge is 2.43. The summed E-state index contributed by atoms with van der Waals surface area (Å²) in [5.41, 5.74) is 0.398. The number of ether oxygens (including phenoxy) is 3. The molecule has 0 aromatic heterocycles. The first-order valence-electron chi connectivity index (χ1n) is 12.9. The third-order valence-corrected chi connectivity index (χ3v) is 7.08. The Balaban J connectivity index is 1.26. The van der Waals surface area contributed by atoms with Gasteiger partial charge in [0, 0.05) is 23.6 Å². The van der Waals surface area contributed by atoms with Crippen molar-refractivity contribution in [1.82, 2.24) is 4.90 Å². The van der Waals surface area contributed by atoms with Gasteiger partial charge in [-0.15, -0.1) is 0 Å². The lowest BCUT2D eigenvalue weighted by Gasteiger charge is -2.38. The monoisotopic (exact) mass is 519 g/mol. The molecular weight excluding hydrogens is 483 g/mol. The molecule has 2 aromatic carbocycles. The molecule has 2 aromatic rings. The largest absolute Gasteiger partial charge is 0.493 e. The van der Waals surface area contributed by atoms with E-state index in [1.54, 1.807) is 6.07 Å². The molecule has 202 valence electrons. The molecule has 2 aliphatic rings. The Hall–Kier alpha value is -2.74. The maximum atomic E-state index is 13.2. The topological polar surface area (TPSA) is 48.0 Å².